The maximum Gasteiger partial charge on any atom is 0.458 e. The molecule has 0 aliphatic carbocycles. The van der Waals surface area contributed by atoms with E-state index >= 15 is 0 Å². The van der Waals surface area contributed by atoms with Crippen LogP contribution in [0.4, 0.5) is 22.0 Å². The molecule has 2 atom stereocenters. The second-order valence-electron chi connectivity index (χ2n) is 6.04. The van der Waals surface area contributed by atoms with E-state index in [0.29, 0.717) is 0 Å². The topological polar surface area (TPSA) is 21.8 Å². The molecule has 1 aromatic rings. The van der Waals surface area contributed by atoms with Gasteiger partial charge in [-0.3, -0.25) is 0 Å². The molecule has 116 valence electrons. The van der Waals surface area contributed by atoms with Crippen molar-refractivity contribution in [3.05, 3.63) is 29.3 Å². The van der Waals surface area contributed by atoms with E-state index in [9.17, 15) is 22.0 Å². The van der Waals surface area contributed by atoms with Gasteiger partial charge < -0.3 is 9.47 Å². The van der Waals surface area contributed by atoms with E-state index < -0.39 is 35.0 Å². The molecule has 3 rings (SSSR count). The van der Waals surface area contributed by atoms with Gasteiger partial charge in [0.25, 0.3) is 0 Å². The highest BCUT2D eigenvalue weighted by Crippen LogP contribution is 2.62. The first-order chi connectivity index (χ1) is 9.40. The number of fused-ring (bicyclic) bond motifs is 3. The third kappa shape index (κ3) is 1.79. The number of halogens is 5. The fourth-order valence-electron chi connectivity index (χ4n) is 2.61. The van der Waals surface area contributed by atoms with E-state index in [2.05, 4.69) is 0 Å². The van der Waals surface area contributed by atoms with Crippen LogP contribution in [0.15, 0.2) is 18.2 Å². The van der Waals surface area contributed by atoms with Crippen molar-refractivity contribution in [2.24, 2.45) is 0 Å². The van der Waals surface area contributed by atoms with Gasteiger partial charge in [0.05, 0.1) is 0 Å². The molecule has 2 heterocycles. The van der Waals surface area contributed by atoms with Crippen LogP contribution in [-0.4, -0.2) is 17.4 Å². The summed E-state index contributed by atoms with van der Waals surface area (Å²) < 4.78 is 75.4. The summed E-state index contributed by atoms with van der Waals surface area (Å²) in [4.78, 5) is 0. The maximum atomic E-state index is 13.4. The van der Waals surface area contributed by atoms with E-state index in [1.807, 2.05) is 0 Å². The van der Waals surface area contributed by atoms with E-state index in [1.165, 1.54) is 0 Å². The smallest absolute Gasteiger partial charge is 0.458 e. The third-order valence-corrected chi connectivity index (χ3v) is 4.38. The summed E-state index contributed by atoms with van der Waals surface area (Å²) in [6, 6.07) is 2.72. The quantitative estimate of drug-likeness (QED) is 0.568. The molecule has 2 unspecified atom stereocenters. The zero-order chi connectivity index (χ0) is 15.8. The van der Waals surface area contributed by atoms with Crippen LogP contribution < -0.4 is 4.74 Å². The van der Waals surface area contributed by atoms with Crippen molar-refractivity contribution < 1.29 is 31.4 Å². The molecule has 0 saturated carbocycles. The Morgan fingerprint density at radius 2 is 1.67 bits per heavy atom. The van der Waals surface area contributed by atoms with E-state index in [0.717, 1.165) is 18.2 Å². The van der Waals surface area contributed by atoms with Crippen LogP contribution in [0, 0.1) is 0 Å². The molecule has 0 aromatic heterocycles. The first kappa shape index (κ1) is 14.6. The number of ether oxygens (including phenoxy) is 2. The Morgan fingerprint density at radius 1 is 1.05 bits per heavy atom. The average molecular weight is 308 g/mol. The number of benzene rings is 1. The zero-order valence-electron chi connectivity index (χ0n) is 11.5. The SMILES string of the molecule is CC1(C)Oc2ccc(C(F)(F)C(F)(F)F)cc2C2OC21C. The number of hydrogen-bond donors (Lipinski definition) is 0. The molecule has 0 amide bonds. The second kappa shape index (κ2) is 3.69. The molecular formula is C14H13F5O2. The molecule has 2 nitrogen and oxygen atoms in total. The van der Waals surface area contributed by atoms with Crippen LogP contribution in [-0.2, 0) is 10.7 Å². The first-order valence-electron chi connectivity index (χ1n) is 6.36. The van der Waals surface area contributed by atoms with Gasteiger partial charge in [-0.15, -0.1) is 0 Å². The predicted octanol–water partition coefficient (Wildman–Crippen LogP) is 4.34. The highest BCUT2D eigenvalue weighted by Gasteiger charge is 2.68. The Hall–Kier alpha value is -1.37. The van der Waals surface area contributed by atoms with Crippen LogP contribution in [0.5, 0.6) is 5.75 Å². The summed E-state index contributed by atoms with van der Waals surface area (Å²) in [7, 11) is 0. The van der Waals surface area contributed by atoms with Gasteiger partial charge in [0.15, 0.2) is 0 Å². The van der Waals surface area contributed by atoms with Crippen LogP contribution in [0.25, 0.3) is 0 Å². The van der Waals surface area contributed by atoms with Crippen molar-refractivity contribution in [2.45, 2.75) is 50.2 Å². The lowest BCUT2D eigenvalue weighted by Gasteiger charge is -2.35. The van der Waals surface area contributed by atoms with Crippen molar-refractivity contribution in [1.82, 2.24) is 0 Å². The van der Waals surface area contributed by atoms with Crippen LogP contribution in [0.1, 0.15) is 38.0 Å². The predicted molar refractivity (Wildman–Crippen MR) is 63.3 cm³/mol. The molecule has 0 bridgehead atoms. The van der Waals surface area contributed by atoms with Gasteiger partial charge in [0.2, 0.25) is 0 Å². The van der Waals surface area contributed by atoms with Crippen molar-refractivity contribution in [2.75, 3.05) is 0 Å². The van der Waals surface area contributed by atoms with Crippen LogP contribution in [0.2, 0.25) is 0 Å². The van der Waals surface area contributed by atoms with Crippen molar-refractivity contribution in [1.29, 1.82) is 0 Å². The number of rotatable bonds is 1. The summed E-state index contributed by atoms with van der Waals surface area (Å²) in [5.41, 5.74) is -2.27. The minimum absolute atomic E-state index is 0.234. The second-order valence-corrected chi connectivity index (χ2v) is 6.04. The van der Waals surface area contributed by atoms with E-state index in [1.54, 1.807) is 20.8 Å². The lowest BCUT2D eigenvalue weighted by molar-refractivity contribution is -0.289. The minimum Gasteiger partial charge on any atom is -0.484 e. The lowest BCUT2D eigenvalue weighted by atomic mass is 9.83. The molecule has 0 spiro atoms. The van der Waals surface area contributed by atoms with Gasteiger partial charge in [0, 0.05) is 11.1 Å². The summed E-state index contributed by atoms with van der Waals surface area (Å²) in [6.07, 6.45) is -6.16. The summed E-state index contributed by atoms with van der Waals surface area (Å²) >= 11 is 0. The van der Waals surface area contributed by atoms with E-state index in [4.69, 9.17) is 9.47 Å². The van der Waals surface area contributed by atoms with Gasteiger partial charge in [-0.1, -0.05) is 0 Å². The fraction of sp³-hybridized carbons (Fsp3) is 0.571. The fourth-order valence-corrected chi connectivity index (χ4v) is 2.61. The molecule has 0 radical (unpaired) electrons. The Balaban J connectivity index is 2.06. The molecular weight excluding hydrogens is 295 g/mol. The number of epoxide rings is 1. The largest absolute Gasteiger partial charge is 0.484 e. The number of alkyl halides is 5. The van der Waals surface area contributed by atoms with Gasteiger partial charge >= 0.3 is 12.1 Å². The Labute approximate surface area is 117 Å². The molecule has 2 aliphatic heterocycles. The molecule has 21 heavy (non-hydrogen) atoms. The Morgan fingerprint density at radius 3 is 2.24 bits per heavy atom. The van der Waals surface area contributed by atoms with Gasteiger partial charge in [-0.2, -0.15) is 22.0 Å². The van der Waals surface area contributed by atoms with Gasteiger partial charge in [-0.25, -0.2) is 0 Å². The standard InChI is InChI=1S/C14H13F5O2/c1-11(2)12(3)10(21-12)8-6-7(4-5-9(8)20-11)13(15,16)14(17,18)19/h4-6,10H,1-3H3. The molecule has 7 heteroatoms. The van der Waals surface area contributed by atoms with Gasteiger partial charge in [0.1, 0.15) is 23.1 Å². The van der Waals surface area contributed by atoms with Crippen molar-refractivity contribution in [3.63, 3.8) is 0 Å². The lowest BCUT2D eigenvalue weighted by Crippen LogP contribution is -2.46. The highest BCUT2D eigenvalue weighted by atomic mass is 19.4. The van der Waals surface area contributed by atoms with Crippen LogP contribution in [0.3, 0.4) is 0 Å². The molecule has 1 fully saturated rings. The van der Waals surface area contributed by atoms with Gasteiger partial charge in [-0.05, 0) is 39.0 Å². The first-order valence-corrected chi connectivity index (χ1v) is 6.36. The minimum atomic E-state index is -5.64. The monoisotopic (exact) mass is 308 g/mol. The van der Waals surface area contributed by atoms with Crippen LogP contribution >= 0.6 is 0 Å². The van der Waals surface area contributed by atoms with Crippen molar-refractivity contribution in [3.8, 4) is 5.75 Å². The zero-order valence-corrected chi connectivity index (χ0v) is 11.5. The Bertz CT molecular complexity index is 608. The molecule has 1 saturated heterocycles. The molecule has 0 N–H and O–H groups in total. The van der Waals surface area contributed by atoms with E-state index in [-0.39, 0.29) is 11.3 Å². The third-order valence-electron chi connectivity index (χ3n) is 4.38. The molecule has 1 aromatic carbocycles. The average Bonchev–Trinajstić information content (AvgIpc) is 3.01. The van der Waals surface area contributed by atoms with Crippen molar-refractivity contribution >= 4 is 0 Å². The summed E-state index contributed by atoms with van der Waals surface area (Å²) in [5, 5.41) is 0. The highest BCUT2D eigenvalue weighted by molar-refractivity contribution is 5.47. The molecule has 2 aliphatic rings. The maximum absolute atomic E-state index is 13.4. The Kier molecular flexibility index (Phi) is 2.56. The summed E-state index contributed by atoms with van der Waals surface area (Å²) in [6.45, 7) is 5.32. The number of hydrogen-bond acceptors (Lipinski definition) is 2. The summed E-state index contributed by atoms with van der Waals surface area (Å²) in [5.74, 6) is -4.62. The normalized spacial score (nSPS) is 30.2.